The SMILES string of the molecule is CN1CCN(CCOc2ccccc2CN2C[C@H]3CCN(C)C(=O)[C@H]3C2)CC1. The fraction of sp³-hybridized carbons (Fsp3) is 0.682. The molecule has 0 bridgehead atoms. The zero-order valence-electron chi connectivity index (χ0n) is 17.3. The highest BCUT2D eigenvalue weighted by Crippen LogP contribution is 2.33. The number of piperazine rings is 1. The molecule has 154 valence electrons. The van der Waals surface area contributed by atoms with Gasteiger partial charge in [-0.1, -0.05) is 18.2 Å². The van der Waals surface area contributed by atoms with E-state index in [9.17, 15) is 4.79 Å². The minimum absolute atomic E-state index is 0.184. The number of piperidine rings is 1. The standard InChI is InChI=1S/C22H34N4O2/c1-23-9-11-25(12-10-23)13-14-28-21-6-4-3-5-19(21)16-26-15-18-7-8-24(2)22(27)20(18)17-26/h3-6,18,20H,7-17H2,1-2H3/t18-,20+/m1/s1. The van der Waals surface area contributed by atoms with Crippen LogP contribution in [0.25, 0.3) is 0 Å². The fourth-order valence-corrected chi connectivity index (χ4v) is 4.79. The van der Waals surface area contributed by atoms with Gasteiger partial charge in [-0.3, -0.25) is 14.6 Å². The highest BCUT2D eigenvalue weighted by molar-refractivity contribution is 5.80. The van der Waals surface area contributed by atoms with Crippen LogP contribution in [0.1, 0.15) is 12.0 Å². The summed E-state index contributed by atoms with van der Waals surface area (Å²) in [6.07, 6.45) is 1.13. The number of carbonyl (C=O) groups is 1. The molecule has 3 heterocycles. The molecule has 0 aromatic heterocycles. The van der Waals surface area contributed by atoms with Gasteiger partial charge in [0.25, 0.3) is 0 Å². The summed E-state index contributed by atoms with van der Waals surface area (Å²) < 4.78 is 6.18. The molecule has 1 aromatic carbocycles. The van der Waals surface area contributed by atoms with Gasteiger partial charge >= 0.3 is 0 Å². The van der Waals surface area contributed by atoms with Crippen molar-refractivity contribution in [1.29, 1.82) is 0 Å². The maximum atomic E-state index is 12.5. The highest BCUT2D eigenvalue weighted by Gasteiger charge is 2.41. The first-order valence-electron chi connectivity index (χ1n) is 10.7. The molecule has 1 amide bonds. The maximum Gasteiger partial charge on any atom is 0.227 e. The number of hydrogen-bond acceptors (Lipinski definition) is 5. The first-order valence-corrected chi connectivity index (χ1v) is 10.7. The smallest absolute Gasteiger partial charge is 0.227 e. The summed E-state index contributed by atoms with van der Waals surface area (Å²) in [5.41, 5.74) is 1.24. The Morgan fingerprint density at radius 3 is 2.61 bits per heavy atom. The first kappa shape index (κ1) is 19.7. The number of fused-ring (bicyclic) bond motifs is 1. The van der Waals surface area contributed by atoms with Gasteiger partial charge in [0.2, 0.25) is 5.91 Å². The molecule has 3 aliphatic rings. The van der Waals surface area contributed by atoms with Crippen molar-refractivity contribution >= 4 is 5.91 Å². The quantitative estimate of drug-likeness (QED) is 0.735. The van der Waals surface area contributed by atoms with Gasteiger partial charge in [0.05, 0.1) is 5.92 Å². The van der Waals surface area contributed by atoms with E-state index in [0.717, 1.165) is 77.7 Å². The van der Waals surface area contributed by atoms with Gasteiger partial charge in [0.15, 0.2) is 0 Å². The molecule has 28 heavy (non-hydrogen) atoms. The van der Waals surface area contributed by atoms with Crippen molar-refractivity contribution in [2.75, 3.05) is 73.1 Å². The topological polar surface area (TPSA) is 39.3 Å². The van der Waals surface area contributed by atoms with E-state index in [1.165, 1.54) is 5.56 Å². The van der Waals surface area contributed by atoms with Crippen LogP contribution < -0.4 is 4.74 Å². The van der Waals surface area contributed by atoms with Gasteiger partial charge in [-0.25, -0.2) is 0 Å². The molecule has 3 fully saturated rings. The number of likely N-dealkylation sites (N-methyl/N-ethyl adjacent to an activating group) is 1. The third kappa shape index (κ3) is 4.50. The normalized spacial score (nSPS) is 27.2. The summed E-state index contributed by atoms with van der Waals surface area (Å²) >= 11 is 0. The van der Waals surface area contributed by atoms with Crippen molar-refractivity contribution < 1.29 is 9.53 Å². The Hall–Kier alpha value is -1.63. The van der Waals surface area contributed by atoms with Gasteiger partial charge < -0.3 is 14.5 Å². The van der Waals surface area contributed by atoms with Gasteiger partial charge in [-0.05, 0) is 25.5 Å². The number of para-hydroxylation sites is 1. The Kier molecular flexibility index (Phi) is 6.19. The predicted octanol–water partition coefficient (Wildman–Crippen LogP) is 1.22. The lowest BCUT2D eigenvalue weighted by atomic mass is 9.88. The molecular weight excluding hydrogens is 352 g/mol. The van der Waals surface area contributed by atoms with E-state index >= 15 is 0 Å². The highest BCUT2D eigenvalue weighted by atomic mass is 16.5. The van der Waals surface area contributed by atoms with E-state index in [1.54, 1.807) is 0 Å². The number of likely N-dealkylation sites (tertiary alicyclic amines) is 2. The van der Waals surface area contributed by atoms with Crippen molar-refractivity contribution in [3.63, 3.8) is 0 Å². The second-order valence-corrected chi connectivity index (χ2v) is 8.71. The molecule has 0 aliphatic carbocycles. The molecule has 0 spiro atoms. The Balaban J connectivity index is 1.30. The zero-order valence-corrected chi connectivity index (χ0v) is 17.3. The summed E-state index contributed by atoms with van der Waals surface area (Å²) in [5.74, 6) is 2.03. The molecular formula is C22H34N4O2. The average molecular weight is 387 g/mol. The first-order chi connectivity index (χ1) is 13.6. The van der Waals surface area contributed by atoms with E-state index in [0.29, 0.717) is 11.8 Å². The van der Waals surface area contributed by atoms with Crippen molar-refractivity contribution in [2.24, 2.45) is 11.8 Å². The van der Waals surface area contributed by atoms with Crippen LogP contribution in [-0.2, 0) is 11.3 Å². The monoisotopic (exact) mass is 386 g/mol. The number of amides is 1. The van der Waals surface area contributed by atoms with Crippen LogP contribution in [0, 0.1) is 11.8 Å². The van der Waals surface area contributed by atoms with Crippen LogP contribution in [0.5, 0.6) is 5.75 Å². The number of carbonyl (C=O) groups excluding carboxylic acids is 1. The molecule has 0 radical (unpaired) electrons. The molecule has 2 atom stereocenters. The molecule has 0 saturated carbocycles. The molecule has 0 unspecified atom stereocenters. The van der Waals surface area contributed by atoms with E-state index < -0.39 is 0 Å². The van der Waals surface area contributed by atoms with E-state index in [1.807, 2.05) is 11.9 Å². The number of nitrogens with zero attached hydrogens (tertiary/aromatic N) is 4. The van der Waals surface area contributed by atoms with Crippen molar-refractivity contribution in [3.05, 3.63) is 29.8 Å². The summed E-state index contributed by atoms with van der Waals surface area (Å²) in [6.45, 7) is 9.93. The largest absolute Gasteiger partial charge is 0.492 e. The maximum absolute atomic E-state index is 12.5. The van der Waals surface area contributed by atoms with Crippen LogP contribution in [0.4, 0.5) is 0 Å². The fourth-order valence-electron chi connectivity index (χ4n) is 4.79. The molecule has 3 aliphatic heterocycles. The lowest BCUT2D eigenvalue weighted by Gasteiger charge is -2.32. The van der Waals surface area contributed by atoms with Gasteiger partial charge in [-0.15, -0.1) is 0 Å². The second-order valence-electron chi connectivity index (χ2n) is 8.71. The molecule has 4 rings (SSSR count). The summed E-state index contributed by atoms with van der Waals surface area (Å²) in [7, 11) is 4.12. The van der Waals surface area contributed by atoms with Crippen LogP contribution in [-0.4, -0.2) is 98.6 Å². The van der Waals surface area contributed by atoms with Crippen molar-refractivity contribution in [2.45, 2.75) is 13.0 Å². The van der Waals surface area contributed by atoms with E-state index in [-0.39, 0.29) is 5.92 Å². The number of hydrogen-bond donors (Lipinski definition) is 0. The van der Waals surface area contributed by atoms with Crippen LogP contribution in [0.2, 0.25) is 0 Å². The lowest BCUT2D eigenvalue weighted by Crippen LogP contribution is -2.45. The van der Waals surface area contributed by atoms with Crippen molar-refractivity contribution in [1.82, 2.24) is 19.6 Å². The average Bonchev–Trinajstić information content (AvgIpc) is 3.11. The number of rotatable bonds is 6. The van der Waals surface area contributed by atoms with Gasteiger partial charge in [0, 0.05) is 71.5 Å². The van der Waals surface area contributed by atoms with E-state index in [4.69, 9.17) is 4.74 Å². The Morgan fingerprint density at radius 1 is 1.00 bits per heavy atom. The van der Waals surface area contributed by atoms with E-state index in [2.05, 4.69) is 46.0 Å². The minimum Gasteiger partial charge on any atom is -0.492 e. The minimum atomic E-state index is 0.184. The third-order valence-corrected chi connectivity index (χ3v) is 6.67. The summed E-state index contributed by atoms with van der Waals surface area (Å²) in [5, 5.41) is 0. The molecule has 6 nitrogen and oxygen atoms in total. The molecule has 6 heteroatoms. The molecule has 3 saturated heterocycles. The van der Waals surface area contributed by atoms with Gasteiger partial charge in [-0.2, -0.15) is 0 Å². The van der Waals surface area contributed by atoms with Crippen LogP contribution in [0.15, 0.2) is 24.3 Å². The molecule has 0 N–H and O–H groups in total. The summed E-state index contributed by atoms with van der Waals surface area (Å²) in [4.78, 5) is 21.7. The summed E-state index contributed by atoms with van der Waals surface area (Å²) in [6, 6.07) is 8.39. The van der Waals surface area contributed by atoms with Crippen LogP contribution in [0.3, 0.4) is 0 Å². The predicted molar refractivity (Wildman–Crippen MR) is 110 cm³/mol. The van der Waals surface area contributed by atoms with Crippen molar-refractivity contribution in [3.8, 4) is 5.75 Å². The zero-order chi connectivity index (χ0) is 19.5. The molecule has 1 aromatic rings. The second kappa shape index (κ2) is 8.80. The Morgan fingerprint density at radius 2 is 1.79 bits per heavy atom. The number of benzene rings is 1. The number of ether oxygens (including phenoxy) is 1. The lowest BCUT2D eigenvalue weighted by molar-refractivity contribution is -0.137. The third-order valence-electron chi connectivity index (χ3n) is 6.67. The van der Waals surface area contributed by atoms with Gasteiger partial charge in [0.1, 0.15) is 12.4 Å². The van der Waals surface area contributed by atoms with Crippen LogP contribution >= 0.6 is 0 Å². The Labute approximate surface area is 169 Å². The Bertz CT molecular complexity index is 674.